The fourth-order valence-electron chi connectivity index (χ4n) is 4.07. The second kappa shape index (κ2) is 7.77. The zero-order valence-corrected chi connectivity index (χ0v) is 16.7. The number of sulfonamides is 1. The monoisotopic (exact) mass is 396 g/mol. The smallest absolute Gasteiger partial charge is 0.223 e. The van der Waals surface area contributed by atoms with Crippen molar-refractivity contribution in [3.05, 3.63) is 29.3 Å². The summed E-state index contributed by atoms with van der Waals surface area (Å²) in [4.78, 5) is 12.5. The largest absolute Gasteiger partial charge is 0.497 e. The molecule has 1 unspecified atom stereocenters. The lowest BCUT2D eigenvalue weighted by Crippen LogP contribution is -2.47. The van der Waals surface area contributed by atoms with Crippen molar-refractivity contribution in [1.29, 1.82) is 0 Å². The summed E-state index contributed by atoms with van der Waals surface area (Å²) in [6.45, 7) is 0.894. The minimum absolute atomic E-state index is 0.114. The van der Waals surface area contributed by atoms with E-state index < -0.39 is 15.6 Å². The minimum Gasteiger partial charge on any atom is -0.497 e. The average molecular weight is 397 g/mol. The molecule has 0 bridgehead atoms. The van der Waals surface area contributed by atoms with Crippen LogP contribution in [-0.2, 0) is 26.8 Å². The first-order valence-electron chi connectivity index (χ1n) is 9.35. The molecule has 8 heteroatoms. The molecule has 1 fully saturated rings. The number of hydrogen-bond acceptors (Lipinski definition) is 5. The summed E-state index contributed by atoms with van der Waals surface area (Å²) in [6.07, 6.45) is 4.53. The number of amides is 1. The van der Waals surface area contributed by atoms with E-state index in [1.807, 2.05) is 18.2 Å². The quantitative estimate of drug-likeness (QED) is 0.774. The Labute approximate surface area is 160 Å². The second-order valence-electron chi connectivity index (χ2n) is 7.56. The van der Waals surface area contributed by atoms with Crippen molar-refractivity contribution in [2.75, 3.05) is 33.0 Å². The van der Waals surface area contributed by atoms with Crippen LogP contribution in [-0.4, -0.2) is 56.7 Å². The van der Waals surface area contributed by atoms with Crippen LogP contribution in [0.4, 0.5) is 0 Å². The Morgan fingerprint density at radius 1 is 1.37 bits per heavy atom. The number of methoxy groups -OCH3 is 1. The number of aliphatic hydroxyl groups is 1. The van der Waals surface area contributed by atoms with Crippen LogP contribution in [0.3, 0.4) is 0 Å². The Bertz CT molecular complexity index is 802. The number of aryl methyl sites for hydroxylation is 1. The van der Waals surface area contributed by atoms with E-state index in [0.717, 1.165) is 29.7 Å². The fourth-order valence-corrected chi connectivity index (χ4v) is 4.95. The SMILES string of the molecule is COc1ccc2c(c1)CCCC2(O)CNC(=O)C1CCN(S(C)(=O)=O)CC1. The summed E-state index contributed by atoms with van der Waals surface area (Å²) in [6, 6.07) is 5.66. The van der Waals surface area contributed by atoms with Crippen LogP contribution in [0.25, 0.3) is 0 Å². The van der Waals surface area contributed by atoms with E-state index in [2.05, 4.69) is 5.32 Å². The van der Waals surface area contributed by atoms with Crippen LogP contribution in [0.2, 0.25) is 0 Å². The Balaban J connectivity index is 1.61. The molecule has 0 aromatic heterocycles. The summed E-state index contributed by atoms with van der Waals surface area (Å²) >= 11 is 0. The molecule has 1 saturated heterocycles. The molecule has 1 aromatic carbocycles. The molecular formula is C19H28N2O5S. The number of nitrogens with zero attached hydrogens (tertiary/aromatic N) is 1. The summed E-state index contributed by atoms with van der Waals surface area (Å²) < 4.78 is 29.8. The Kier molecular flexibility index (Phi) is 5.79. The molecule has 0 saturated carbocycles. The van der Waals surface area contributed by atoms with Crippen LogP contribution >= 0.6 is 0 Å². The second-order valence-corrected chi connectivity index (χ2v) is 9.54. The molecule has 1 heterocycles. The molecule has 2 N–H and O–H groups in total. The first-order valence-corrected chi connectivity index (χ1v) is 11.2. The van der Waals surface area contributed by atoms with Gasteiger partial charge in [-0.05, 0) is 55.4 Å². The summed E-state index contributed by atoms with van der Waals surface area (Å²) in [7, 11) is -1.58. The number of carbonyl (C=O) groups is 1. The Morgan fingerprint density at radius 3 is 2.70 bits per heavy atom. The average Bonchev–Trinajstić information content (AvgIpc) is 2.65. The van der Waals surface area contributed by atoms with E-state index >= 15 is 0 Å². The summed E-state index contributed by atoms with van der Waals surface area (Å²) in [5.74, 6) is 0.433. The highest BCUT2D eigenvalue weighted by atomic mass is 32.2. The van der Waals surface area contributed by atoms with E-state index in [4.69, 9.17) is 4.74 Å². The Hall–Kier alpha value is -1.64. The normalized spacial score (nSPS) is 24.3. The minimum atomic E-state index is -3.20. The number of ether oxygens (including phenoxy) is 1. The van der Waals surface area contributed by atoms with Gasteiger partial charge in [-0.25, -0.2) is 12.7 Å². The predicted molar refractivity (Wildman–Crippen MR) is 102 cm³/mol. The molecule has 0 radical (unpaired) electrons. The summed E-state index contributed by atoms with van der Waals surface area (Å²) in [5.41, 5.74) is 0.823. The van der Waals surface area contributed by atoms with Gasteiger partial charge in [-0.15, -0.1) is 0 Å². The Morgan fingerprint density at radius 2 is 2.07 bits per heavy atom. The van der Waals surface area contributed by atoms with Gasteiger partial charge in [0.15, 0.2) is 0 Å². The summed E-state index contributed by atoms with van der Waals surface area (Å²) in [5, 5.41) is 14.0. The fraction of sp³-hybridized carbons (Fsp3) is 0.632. The van der Waals surface area contributed by atoms with E-state index in [1.54, 1.807) is 7.11 Å². The van der Waals surface area contributed by atoms with Crippen molar-refractivity contribution in [2.24, 2.45) is 5.92 Å². The standard InChI is InChI=1S/C19H28N2O5S/c1-26-16-5-6-17-15(12-16)4-3-9-19(17,23)13-20-18(22)14-7-10-21(11-8-14)27(2,24)25/h5-6,12,14,23H,3-4,7-11,13H2,1-2H3,(H,20,22). The number of nitrogens with one attached hydrogen (secondary N) is 1. The van der Waals surface area contributed by atoms with E-state index in [9.17, 15) is 18.3 Å². The molecule has 0 spiro atoms. The van der Waals surface area contributed by atoms with Crippen LogP contribution in [0.5, 0.6) is 5.75 Å². The van der Waals surface area contributed by atoms with Gasteiger partial charge in [-0.1, -0.05) is 6.07 Å². The predicted octanol–water partition coefficient (Wildman–Crippen LogP) is 1.01. The van der Waals surface area contributed by atoms with Crippen LogP contribution < -0.4 is 10.1 Å². The lowest BCUT2D eigenvalue weighted by molar-refractivity contribution is -0.127. The molecule has 150 valence electrons. The van der Waals surface area contributed by atoms with Gasteiger partial charge in [0.1, 0.15) is 11.4 Å². The number of benzene rings is 1. The van der Waals surface area contributed by atoms with Crippen molar-refractivity contribution in [1.82, 2.24) is 9.62 Å². The molecule has 2 aliphatic rings. The number of rotatable bonds is 5. The number of fused-ring (bicyclic) bond motifs is 1. The number of carbonyl (C=O) groups excluding carboxylic acids is 1. The zero-order chi connectivity index (χ0) is 19.7. The van der Waals surface area contributed by atoms with E-state index in [0.29, 0.717) is 32.4 Å². The maximum atomic E-state index is 12.5. The molecule has 1 amide bonds. The highest BCUT2D eigenvalue weighted by Gasteiger charge is 2.36. The maximum Gasteiger partial charge on any atom is 0.223 e. The highest BCUT2D eigenvalue weighted by molar-refractivity contribution is 7.88. The maximum absolute atomic E-state index is 12.5. The molecule has 1 aliphatic heterocycles. The van der Waals surface area contributed by atoms with Crippen molar-refractivity contribution in [3.8, 4) is 5.75 Å². The molecule has 27 heavy (non-hydrogen) atoms. The first-order chi connectivity index (χ1) is 12.7. The van der Waals surface area contributed by atoms with Crippen molar-refractivity contribution in [3.63, 3.8) is 0 Å². The number of piperidine rings is 1. The van der Waals surface area contributed by atoms with Crippen LogP contribution in [0, 0.1) is 5.92 Å². The lowest BCUT2D eigenvalue weighted by Gasteiger charge is -2.36. The molecule has 1 aliphatic carbocycles. The third kappa shape index (κ3) is 4.44. The topological polar surface area (TPSA) is 95.9 Å². The van der Waals surface area contributed by atoms with Gasteiger partial charge in [0.05, 0.1) is 19.9 Å². The van der Waals surface area contributed by atoms with Crippen molar-refractivity contribution < 1.29 is 23.1 Å². The van der Waals surface area contributed by atoms with Gasteiger partial charge in [0.25, 0.3) is 0 Å². The van der Waals surface area contributed by atoms with Crippen LogP contribution in [0.15, 0.2) is 18.2 Å². The van der Waals surface area contributed by atoms with Gasteiger partial charge in [0.2, 0.25) is 15.9 Å². The van der Waals surface area contributed by atoms with E-state index in [-0.39, 0.29) is 18.4 Å². The highest BCUT2D eigenvalue weighted by Crippen LogP contribution is 2.36. The zero-order valence-electron chi connectivity index (χ0n) is 15.9. The van der Waals surface area contributed by atoms with Gasteiger partial charge < -0.3 is 15.2 Å². The van der Waals surface area contributed by atoms with E-state index in [1.165, 1.54) is 10.6 Å². The first kappa shape index (κ1) is 20.1. The lowest BCUT2D eigenvalue weighted by atomic mass is 9.79. The van der Waals surface area contributed by atoms with Crippen LogP contribution in [0.1, 0.15) is 36.8 Å². The number of hydrogen-bond donors (Lipinski definition) is 2. The molecular weight excluding hydrogens is 368 g/mol. The van der Waals surface area contributed by atoms with Gasteiger partial charge in [0, 0.05) is 19.0 Å². The third-order valence-electron chi connectivity index (χ3n) is 5.70. The molecule has 1 atom stereocenters. The van der Waals surface area contributed by atoms with Gasteiger partial charge in [-0.2, -0.15) is 0 Å². The third-order valence-corrected chi connectivity index (χ3v) is 7.00. The molecule has 1 aromatic rings. The molecule has 7 nitrogen and oxygen atoms in total. The van der Waals surface area contributed by atoms with Gasteiger partial charge in [-0.3, -0.25) is 4.79 Å². The van der Waals surface area contributed by atoms with Crippen molar-refractivity contribution >= 4 is 15.9 Å². The molecule has 3 rings (SSSR count). The van der Waals surface area contributed by atoms with Crippen molar-refractivity contribution in [2.45, 2.75) is 37.7 Å². The van der Waals surface area contributed by atoms with Gasteiger partial charge >= 0.3 is 0 Å².